The largest absolute Gasteiger partial charge is 0.417 e. The zero-order valence-corrected chi connectivity index (χ0v) is 8.89. The lowest BCUT2D eigenvalue weighted by atomic mass is 10.1. The van der Waals surface area contributed by atoms with Crippen molar-refractivity contribution in [1.82, 2.24) is 20.2 Å². The van der Waals surface area contributed by atoms with E-state index in [1.807, 2.05) is 0 Å². The highest BCUT2D eigenvalue weighted by Crippen LogP contribution is 2.35. The molecule has 18 heavy (non-hydrogen) atoms. The summed E-state index contributed by atoms with van der Waals surface area (Å²) in [7, 11) is 0. The zero-order valence-electron chi connectivity index (χ0n) is 8.89. The van der Waals surface area contributed by atoms with E-state index in [0.717, 1.165) is 10.7 Å². The Labute approximate surface area is 99.5 Å². The van der Waals surface area contributed by atoms with Crippen LogP contribution < -0.4 is 0 Å². The van der Waals surface area contributed by atoms with Crippen LogP contribution >= 0.6 is 0 Å². The molecular formula is C10H6F3N5. The molecule has 0 saturated heterocycles. The van der Waals surface area contributed by atoms with Crippen molar-refractivity contribution in [3.05, 3.63) is 29.8 Å². The Morgan fingerprint density at radius 1 is 1.28 bits per heavy atom. The van der Waals surface area contributed by atoms with Crippen LogP contribution in [0.15, 0.2) is 24.3 Å². The third-order valence-corrected chi connectivity index (χ3v) is 2.23. The predicted molar refractivity (Wildman–Crippen MR) is 53.9 cm³/mol. The van der Waals surface area contributed by atoms with Crippen molar-refractivity contribution >= 4 is 0 Å². The van der Waals surface area contributed by atoms with E-state index in [1.165, 1.54) is 18.2 Å². The van der Waals surface area contributed by atoms with Crippen LogP contribution in [0, 0.1) is 11.3 Å². The molecular weight excluding hydrogens is 247 g/mol. The van der Waals surface area contributed by atoms with Crippen molar-refractivity contribution in [2.75, 3.05) is 0 Å². The van der Waals surface area contributed by atoms with Crippen LogP contribution in [-0.2, 0) is 12.7 Å². The summed E-state index contributed by atoms with van der Waals surface area (Å²) in [5.41, 5.74) is -0.982. The number of rotatable bonds is 2. The summed E-state index contributed by atoms with van der Waals surface area (Å²) < 4.78 is 39.5. The molecule has 1 aromatic carbocycles. The van der Waals surface area contributed by atoms with Gasteiger partial charge in [-0.2, -0.15) is 18.4 Å². The topological polar surface area (TPSA) is 67.4 Å². The number of hydrogen-bond acceptors (Lipinski definition) is 4. The summed E-state index contributed by atoms with van der Waals surface area (Å²) in [5.74, 6) is -0.0792. The molecule has 0 N–H and O–H groups in total. The lowest BCUT2D eigenvalue weighted by Crippen LogP contribution is -2.09. The second-order valence-electron chi connectivity index (χ2n) is 3.36. The van der Waals surface area contributed by atoms with Crippen molar-refractivity contribution < 1.29 is 13.2 Å². The van der Waals surface area contributed by atoms with Crippen molar-refractivity contribution in [3.8, 4) is 17.5 Å². The lowest BCUT2D eigenvalue weighted by Gasteiger charge is -2.11. The number of tetrazole rings is 1. The van der Waals surface area contributed by atoms with Gasteiger partial charge in [0.1, 0.15) is 6.54 Å². The molecule has 0 radical (unpaired) electrons. The summed E-state index contributed by atoms with van der Waals surface area (Å²) in [6, 6.07) is 6.73. The van der Waals surface area contributed by atoms with E-state index >= 15 is 0 Å². The molecule has 1 aromatic heterocycles. The van der Waals surface area contributed by atoms with E-state index < -0.39 is 11.7 Å². The van der Waals surface area contributed by atoms with Crippen LogP contribution in [-0.4, -0.2) is 20.2 Å². The molecule has 0 amide bonds. The molecule has 8 heteroatoms. The van der Waals surface area contributed by atoms with Gasteiger partial charge in [0, 0.05) is 5.56 Å². The second kappa shape index (κ2) is 4.44. The summed E-state index contributed by atoms with van der Waals surface area (Å²) >= 11 is 0. The normalized spacial score (nSPS) is 11.2. The molecule has 0 aliphatic carbocycles. The van der Waals surface area contributed by atoms with Crippen LogP contribution in [0.3, 0.4) is 0 Å². The maximum absolute atomic E-state index is 12.8. The predicted octanol–water partition coefficient (Wildman–Crippen LogP) is 1.88. The number of alkyl halides is 3. The van der Waals surface area contributed by atoms with Gasteiger partial charge in [-0.25, -0.2) is 4.68 Å². The summed E-state index contributed by atoms with van der Waals surface area (Å²) in [4.78, 5) is 0. The van der Waals surface area contributed by atoms with Gasteiger partial charge < -0.3 is 0 Å². The standard InChI is InChI=1S/C10H6F3N5/c11-10(12,13)8-4-2-1-3-7(8)9-15-16-17-18(9)6-5-14/h1-4H,6H2. The van der Waals surface area contributed by atoms with E-state index in [9.17, 15) is 13.2 Å². The van der Waals surface area contributed by atoms with E-state index in [2.05, 4.69) is 15.5 Å². The van der Waals surface area contributed by atoms with E-state index in [-0.39, 0.29) is 17.9 Å². The fourth-order valence-corrected chi connectivity index (χ4v) is 1.50. The molecule has 0 unspecified atom stereocenters. The molecule has 2 rings (SSSR count). The van der Waals surface area contributed by atoms with Crippen LogP contribution in [0.2, 0.25) is 0 Å². The molecule has 0 bridgehead atoms. The maximum atomic E-state index is 12.8. The van der Waals surface area contributed by atoms with Gasteiger partial charge in [0.2, 0.25) is 0 Å². The second-order valence-corrected chi connectivity index (χ2v) is 3.36. The third-order valence-electron chi connectivity index (χ3n) is 2.23. The van der Waals surface area contributed by atoms with Crippen molar-refractivity contribution in [2.45, 2.75) is 12.7 Å². The highest BCUT2D eigenvalue weighted by Gasteiger charge is 2.34. The Balaban J connectivity index is 2.58. The van der Waals surface area contributed by atoms with Gasteiger partial charge in [-0.05, 0) is 16.5 Å². The minimum absolute atomic E-state index is 0.0792. The smallest absolute Gasteiger partial charge is 0.211 e. The highest BCUT2D eigenvalue weighted by atomic mass is 19.4. The number of hydrogen-bond donors (Lipinski definition) is 0. The van der Waals surface area contributed by atoms with E-state index in [0.29, 0.717) is 0 Å². The Morgan fingerprint density at radius 2 is 2.00 bits per heavy atom. The van der Waals surface area contributed by atoms with Crippen molar-refractivity contribution in [1.29, 1.82) is 5.26 Å². The Morgan fingerprint density at radius 3 is 2.67 bits per heavy atom. The molecule has 0 aliphatic heterocycles. The monoisotopic (exact) mass is 253 g/mol. The fraction of sp³-hybridized carbons (Fsp3) is 0.200. The number of nitriles is 1. The van der Waals surface area contributed by atoms with Crippen LogP contribution in [0.25, 0.3) is 11.4 Å². The number of nitrogens with zero attached hydrogens (tertiary/aromatic N) is 5. The molecule has 2 aromatic rings. The maximum Gasteiger partial charge on any atom is 0.417 e. The Bertz CT molecular complexity index is 596. The van der Waals surface area contributed by atoms with Crippen LogP contribution in [0.1, 0.15) is 5.56 Å². The number of benzene rings is 1. The summed E-state index contributed by atoms with van der Waals surface area (Å²) in [6.07, 6.45) is -4.50. The van der Waals surface area contributed by atoms with Crippen LogP contribution in [0.4, 0.5) is 13.2 Å². The molecule has 0 fully saturated rings. The van der Waals surface area contributed by atoms with Crippen molar-refractivity contribution in [2.24, 2.45) is 0 Å². The SMILES string of the molecule is N#CCn1nnnc1-c1ccccc1C(F)(F)F. The molecule has 1 heterocycles. The first-order valence-electron chi connectivity index (χ1n) is 4.83. The first-order chi connectivity index (χ1) is 8.54. The minimum Gasteiger partial charge on any atom is -0.211 e. The summed E-state index contributed by atoms with van der Waals surface area (Å²) in [5, 5.41) is 18.8. The average molecular weight is 253 g/mol. The Hall–Kier alpha value is -2.43. The number of aromatic nitrogens is 4. The molecule has 0 saturated carbocycles. The quantitative estimate of drug-likeness (QED) is 0.819. The number of halogens is 3. The molecule has 5 nitrogen and oxygen atoms in total. The molecule has 0 spiro atoms. The van der Waals surface area contributed by atoms with E-state index in [1.54, 1.807) is 6.07 Å². The molecule has 92 valence electrons. The average Bonchev–Trinajstić information content (AvgIpc) is 2.77. The van der Waals surface area contributed by atoms with Gasteiger partial charge in [-0.1, -0.05) is 18.2 Å². The van der Waals surface area contributed by atoms with Gasteiger partial charge in [0.15, 0.2) is 5.82 Å². The van der Waals surface area contributed by atoms with E-state index in [4.69, 9.17) is 5.26 Å². The van der Waals surface area contributed by atoms with Crippen LogP contribution in [0.5, 0.6) is 0 Å². The Kier molecular flexibility index (Phi) is 2.97. The first-order valence-corrected chi connectivity index (χ1v) is 4.83. The highest BCUT2D eigenvalue weighted by molar-refractivity contribution is 5.60. The van der Waals surface area contributed by atoms with Gasteiger partial charge >= 0.3 is 6.18 Å². The van der Waals surface area contributed by atoms with Gasteiger partial charge in [-0.3, -0.25) is 0 Å². The van der Waals surface area contributed by atoms with Crippen molar-refractivity contribution in [3.63, 3.8) is 0 Å². The zero-order chi connectivity index (χ0) is 13.2. The first kappa shape index (κ1) is 12.0. The molecule has 0 atom stereocenters. The molecule has 0 aliphatic rings. The summed E-state index contributed by atoms with van der Waals surface area (Å²) in [6.45, 7) is -0.214. The fourth-order valence-electron chi connectivity index (χ4n) is 1.50. The van der Waals surface area contributed by atoms with Gasteiger partial charge in [0.25, 0.3) is 0 Å². The minimum atomic E-state index is -4.50. The lowest BCUT2D eigenvalue weighted by molar-refractivity contribution is -0.137. The van der Waals surface area contributed by atoms with Gasteiger partial charge in [0.05, 0.1) is 11.6 Å². The third kappa shape index (κ3) is 2.15. The van der Waals surface area contributed by atoms with Gasteiger partial charge in [-0.15, -0.1) is 5.10 Å².